The molecule has 2 rings (SSSR count). The van der Waals surface area contributed by atoms with E-state index in [1.807, 2.05) is 6.08 Å². The molecular formula is C21H30F3N3O5. The Hall–Kier alpha value is -2.59. The quantitative estimate of drug-likeness (QED) is 0.493. The molecule has 8 nitrogen and oxygen atoms in total. The monoisotopic (exact) mass is 461 g/mol. The number of esters is 1. The maximum Gasteiger partial charge on any atom is 0.471 e. The Morgan fingerprint density at radius 3 is 2.62 bits per heavy atom. The summed E-state index contributed by atoms with van der Waals surface area (Å²) in [5.74, 6) is -4.50. The second-order valence-corrected chi connectivity index (χ2v) is 7.88. The Kier molecular flexibility index (Phi) is 9.52. The normalized spacial score (nSPS) is 26.9. The summed E-state index contributed by atoms with van der Waals surface area (Å²) in [4.78, 5) is 50.6. The molecule has 0 radical (unpaired) electrons. The first-order valence-electron chi connectivity index (χ1n) is 10.9. The molecule has 0 bridgehead atoms. The molecule has 2 aliphatic heterocycles. The predicted octanol–water partition coefficient (Wildman–Crippen LogP) is 1.84. The number of amides is 3. The highest BCUT2D eigenvalue weighted by Gasteiger charge is 2.43. The van der Waals surface area contributed by atoms with Crippen molar-refractivity contribution in [2.45, 2.75) is 70.1 Å². The number of allylic oxidation sites excluding steroid dienone is 1. The van der Waals surface area contributed by atoms with Crippen molar-refractivity contribution in [3.63, 3.8) is 0 Å². The minimum atomic E-state index is -5.11. The molecule has 1 saturated heterocycles. The van der Waals surface area contributed by atoms with Gasteiger partial charge in [0.25, 0.3) is 0 Å². The van der Waals surface area contributed by atoms with Crippen LogP contribution in [0.4, 0.5) is 13.2 Å². The van der Waals surface area contributed by atoms with Gasteiger partial charge in [-0.15, -0.1) is 0 Å². The van der Waals surface area contributed by atoms with Gasteiger partial charge in [-0.25, -0.2) is 0 Å². The predicted molar refractivity (Wildman–Crippen MR) is 108 cm³/mol. The highest BCUT2D eigenvalue weighted by molar-refractivity contribution is 5.93. The minimum Gasteiger partial charge on any atom is -0.465 e. The Morgan fingerprint density at radius 1 is 1.19 bits per heavy atom. The largest absolute Gasteiger partial charge is 0.471 e. The van der Waals surface area contributed by atoms with Crippen molar-refractivity contribution in [1.82, 2.24) is 15.5 Å². The minimum absolute atomic E-state index is 0.0130. The van der Waals surface area contributed by atoms with Crippen LogP contribution in [0.15, 0.2) is 12.2 Å². The van der Waals surface area contributed by atoms with E-state index < -0.39 is 47.9 Å². The summed E-state index contributed by atoms with van der Waals surface area (Å²) < 4.78 is 43.3. The average molecular weight is 461 g/mol. The summed E-state index contributed by atoms with van der Waals surface area (Å²) in [6, 6.07) is -2.23. The van der Waals surface area contributed by atoms with Gasteiger partial charge in [-0.3, -0.25) is 19.2 Å². The lowest BCUT2D eigenvalue weighted by Crippen LogP contribution is -2.55. The van der Waals surface area contributed by atoms with Gasteiger partial charge in [0.05, 0.1) is 12.5 Å². The number of fused-ring (bicyclic) bond motifs is 1. The standard InChI is InChI=1S/C21H30F3N3O5/c1-2-32-19(30)14-9-6-4-3-5-7-10-15(26-20(31)21(22,23)24)18(29)27-12-8-11-16(27)17(28)25-13-14/h6,9,14-16H,2-5,7-8,10-13H2,1H3,(H,25,28)(H,26,31)/b9-6-/t14-,15+,16+/m1/s1. The molecule has 0 spiro atoms. The molecule has 2 N–H and O–H groups in total. The summed E-state index contributed by atoms with van der Waals surface area (Å²) in [6.07, 6.45) is 1.64. The highest BCUT2D eigenvalue weighted by Crippen LogP contribution is 2.22. The summed E-state index contributed by atoms with van der Waals surface area (Å²) in [5.41, 5.74) is 0. The van der Waals surface area contributed by atoms with Crippen LogP contribution in [0.2, 0.25) is 0 Å². The van der Waals surface area contributed by atoms with Crippen LogP contribution >= 0.6 is 0 Å². The van der Waals surface area contributed by atoms with Crippen molar-refractivity contribution in [1.29, 1.82) is 0 Å². The fourth-order valence-corrected chi connectivity index (χ4v) is 3.86. The van der Waals surface area contributed by atoms with Gasteiger partial charge in [-0.05, 0) is 39.0 Å². The molecule has 32 heavy (non-hydrogen) atoms. The molecule has 0 aromatic rings. The number of carbonyl (C=O) groups excluding carboxylic acids is 4. The van der Waals surface area contributed by atoms with E-state index in [1.165, 1.54) is 4.90 Å². The van der Waals surface area contributed by atoms with Crippen LogP contribution in [0.25, 0.3) is 0 Å². The van der Waals surface area contributed by atoms with Crippen LogP contribution in [0.3, 0.4) is 0 Å². The van der Waals surface area contributed by atoms with E-state index in [4.69, 9.17) is 4.74 Å². The SMILES string of the molecule is CCOC(=O)[C@@H]1/C=C\CCCCC[C@H](NC(=O)C(F)(F)F)C(=O)N2CCC[C@H]2C(=O)NC1. The number of nitrogens with zero attached hydrogens (tertiary/aromatic N) is 1. The molecule has 3 amide bonds. The van der Waals surface area contributed by atoms with Gasteiger partial charge in [0.2, 0.25) is 11.8 Å². The number of nitrogens with one attached hydrogen (secondary N) is 2. The Labute approximate surface area is 184 Å². The maximum absolute atomic E-state index is 13.0. The lowest BCUT2D eigenvalue weighted by molar-refractivity contribution is -0.175. The van der Waals surface area contributed by atoms with E-state index in [-0.39, 0.29) is 26.1 Å². The highest BCUT2D eigenvalue weighted by atomic mass is 19.4. The van der Waals surface area contributed by atoms with Gasteiger partial charge in [0.1, 0.15) is 12.1 Å². The average Bonchev–Trinajstić information content (AvgIpc) is 3.22. The fourth-order valence-electron chi connectivity index (χ4n) is 3.86. The van der Waals surface area contributed by atoms with Gasteiger partial charge in [-0.1, -0.05) is 25.0 Å². The van der Waals surface area contributed by atoms with Crippen LogP contribution in [0.1, 0.15) is 51.9 Å². The lowest BCUT2D eigenvalue weighted by Gasteiger charge is -2.29. The molecule has 0 aromatic heterocycles. The maximum atomic E-state index is 13.0. The molecule has 3 atom stereocenters. The van der Waals surface area contributed by atoms with E-state index >= 15 is 0 Å². The lowest BCUT2D eigenvalue weighted by atomic mass is 10.0. The molecule has 1 fully saturated rings. The topological polar surface area (TPSA) is 105 Å². The van der Waals surface area contributed by atoms with Crippen LogP contribution in [0, 0.1) is 5.92 Å². The van der Waals surface area contributed by atoms with Gasteiger partial charge in [-0.2, -0.15) is 13.2 Å². The number of rotatable bonds is 3. The number of alkyl halides is 3. The number of hydrogen-bond acceptors (Lipinski definition) is 5. The number of halogens is 3. The second kappa shape index (κ2) is 11.9. The molecular weight excluding hydrogens is 431 g/mol. The van der Waals surface area contributed by atoms with Crippen molar-refractivity contribution in [2.75, 3.05) is 19.7 Å². The summed E-state index contributed by atoms with van der Waals surface area (Å²) in [6.45, 7) is 2.08. The molecule has 0 aliphatic carbocycles. The van der Waals surface area contributed by atoms with Crippen molar-refractivity contribution in [3.8, 4) is 0 Å². The Balaban J connectivity index is 2.20. The number of ether oxygens (including phenoxy) is 1. The van der Waals surface area contributed by atoms with Crippen molar-refractivity contribution >= 4 is 23.7 Å². The Morgan fingerprint density at radius 2 is 1.94 bits per heavy atom. The third-order valence-electron chi connectivity index (χ3n) is 5.52. The first-order chi connectivity index (χ1) is 15.1. The van der Waals surface area contributed by atoms with E-state index in [9.17, 15) is 32.3 Å². The van der Waals surface area contributed by atoms with Crippen LogP contribution in [0.5, 0.6) is 0 Å². The summed E-state index contributed by atoms with van der Waals surface area (Å²) >= 11 is 0. The third kappa shape index (κ3) is 7.23. The molecule has 2 heterocycles. The smallest absolute Gasteiger partial charge is 0.465 e. The zero-order valence-corrected chi connectivity index (χ0v) is 18.1. The van der Waals surface area contributed by atoms with Crippen molar-refractivity contribution < 1.29 is 37.1 Å². The zero-order valence-electron chi connectivity index (χ0n) is 18.1. The van der Waals surface area contributed by atoms with Crippen molar-refractivity contribution in [3.05, 3.63) is 12.2 Å². The first kappa shape index (κ1) is 25.7. The van der Waals surface area contributed by atoms with Crippen LogP contribution < -0.4 is 10.6 Å². The zero-order chi connectivity index (χ0) is 23.7. The number of hydrogen-bond donors (Lipinski definition) is 2. The molecule has 11 heteroatoms. The van der Waals surface area contributed by atoms with Gasteiger partial charge in [0, 0.05) is 13.1 Å². The van der Waals surface area contributed by atoms with Crippen LogP contribution in [-0.4, -0.2) is 66.5 Å². The van der Waals surface area contributed by atoms with Gasteiger partial charge >= 0.3 is 18.1 Å². The van der Waals surface area contributed by atoms with Crippen molar-refractivity contribution in [2.24, 2.45) is 5.92 Å². The van der Waals surface area contributed by atoms with Gasteiger partial charge in [0.15, 0.2) is 0 Å². The molecule has 2 aliphatic rings. The molecule has 0 aromatic carbocycles. The van der Waals surface area contributed by atoms with E-state index in [2.05, 4.69) is 5.32 Å². The molecule has 0 unspecified atom stereocenters. The molecule has 180 valence electrons. The van der Waals surface area contributed by atoms with E-state index in [0.717, 1.165) is 0 Å². The summed E-state index contributed by atoms with van der Waals surface area (Å²) in [7, 11) is 0. The summed E-state index contributed by atoms with van der Waals surface area (Å²) in [5, 5.41) is 4.46. The second-order valence-electron chi connectivity index (χ2n) is 7.88. The first-order valence-corrected chi connectivity index (χ1v) is 10.9. The fraction of sp³-hybridized carbons (Fsp3) is 0.714. The number of carbonyl (C=O) groups is 4. The van der Waals surface area contributed by atoms with E-state index in [0.29, 0.717) is 38.5 Å². The Bertz CT molecular complexity index is 726. The molecule has 0 saturated carbocycles. The third-order valence-corrected chi connectivity index (χ3v) is 5.52. The van der Waals surface area contributed by atoms with Crippen LogP contribution in [-0.2, 0) is 23.9 Å². The van der Waals surface area contributed by atoms with E-state index in [1.54, 1.807) is 18.3 Å². The van der Waals surface area contributed by atoms with Gasteiger partial charge < -0.3 is 20.3 Å².